The van der Waals surface area contributed by atoms with E-state index in [-0.39, 0.29) is 3.57 Å². The Hall–Kier alpha value is -0.600. The van der Waals surface area contributed by atoms with Crippen molar-refractivity contribution in [3.63, 3.8) is 0 Å². The number of hydrogen-bond acceptors (Lipinski definition) is 1. The summed E-state index contributed by atoms with van der Waals surface area (Å²) >= 11 is 1.53. The van der Waals surface area contributed by atoms with Crippen LogP contribution in [0.15, 0.2) is 18.2 Å². The van der Waals surface area contributed by atoms with E-state index in [2.05, 4.69) is 4.74 Å². The van der Waals surface area contributed by atoms with E-state index in [0.29, 0.717) is 0 Å². The van der Waals surface area contributed by atoms with Gasteiger partial charge in [-0.15, -0.1) is 13.2 Å². The Morgan fingerprint density at radius 1 is 1.20 bits per heavy atom. The summed E-state index contributed by atoms with van der Waals surface area (Å²) in [5.41, 5.74) is -0.740. The molecule has 15 heavy (non-hydrogen) atoms. The summed E-state index contributed by atoms with van der Waals surface area (Å²) in [7, 11) is 0. The Morgan fingerprint density at radius 3 is 2.27 bits per heavy atom. The van der Waals surface area contributed by atoms with Crippen LogP contribution in [0.5, 0.6) is 5.75 Å². The van der Waals surface area contributed by atoms with Gasteiger partial charge in [0.05, 0.1) is 5.56 Å². The van der Waals surface area contributed by atoms with Crippen molar-refractivity contribution >= 4 is 22.6 Å². The van der Waals surface area contributed by atoms with Crippen LogP contribution in [0, 0.1) is 3.57 Å². The standard InChI is InChI=1S/C8H4F5IO/c9-7(10)6-4(14)2-1-3-5(6)15-8(11,12)13/h1-3,7H. The highest BCUT2D eigenvalue weighted by Gasteiger charge is 2.33. The van der Waals surface area contributed by atoms with Crippen LogP contribution >= 0.6 is 22.6 Å². The van der Waals surface area contributed by atoms with Crippen LogP contribution in [0.25, 0.3) is 0 Å². The normalized spacial score (nSPS) is 11.9. The molecule has 0 saturated heterocycles. The maximum absolute atomic E-state index is 12.4. The molecule has 0 saturated carbocycles. The van der Waals surface area contributed by atoms with Crippen LogP contribution in [0.2, 0.25) is 0 Å². The van der Waals surface area contributed by atoms with Gasteiger partial charge in [0.2, 0.25) is 0 Å². The maximum atomic E-state index is 12.4. The van der Waals surface area contributed by atoms with E-state index in [1.807, 2.05) is 0 Å². The number of alkyl halides is 5. The quantitative estimate of drug-likeness (QED) is 0.582. The molecule has 7 heteroatoms. The summed E-state index contributed by atoms with van der Waals surface area (Å²) in [5, 5.41) is 0. The zero-order valence-corrected chi connectivity index (χ0v) is 9.14. The molecule has 0 aliphatic rings. The first kappa shape index (κ1) is 12.5. The van der Waals surface area contributed by atoms with Crippen LogP contribution in [0.4, 0.5) is 22.0 Å². The van der Waals surface area contributed by atoms with E-state index in [1.165, 1.54) is 34.7 Å². The van der Waals surface area contributed by atoms with Crippen molar-refractivity contribution < 1.29 is 26.7 Å². The molecule has 0 aliphatic carbocycles. The number of ether oxygens (including phenoxy) is 1. The van der Waals surface area contributed by atoms with E-state index < -0.39 is 24.1 Å². The molecule has 0 bridgehead atoms. The lowest BCUT2D eigenvalue weighted by molar-refractivity contribution is -0.275. The van der Waals surface area contributed by atoms with Crippen LogP contribution in [0.3, 0.4) is 0 Å². The van der Waals surface area contributed by atoms with Gasteiger partial charge in [0.25, 0.3) is 6.43 Å². The Labute approximate surface area is 95.4 Å². The molecule has 1 rings (SSSR count). The van der Waals surface area contributed by atoms with Gasteiger partial charge < -0.3 is 4.74 Å². The molecule has 84 valence electrons. The zero-order chi connectivity index (χ0) is 11.6. The van der Waals surface area contributed by atoms with Crippen molar-refractivity contribution in [3.8, 4) is 5.75 Å². The Kier molecular flexibility index (Phi) is 3.74. The molecule has 1 nitrogen and oxygen atoms in total. The van der Waals surface area contributed by atoms with Crippen molar-refractivity contribution in [2.24, 2.45) is 0 Å². The van der Waals surface area contributed by atoms with E-state index in [0.717, 1.165) is 6.07 Å². The van der Waals surface area contributed by atoms with Crippen molar-refractivity contribution in [1.82, 2.24) is 0 Å². The van der Waals surface area contributed by atoms with E-state index >= 15 is 0 Å². The van der Waals surface area contributed by atoms with Gasteiger partial charge in [-0.1, -0.05) is 6.07 Å². The second-order valence-electron chi connectivity index (χ2n) is 2.50. The molecular weight excluding hydrogens is 334 g/mol. The smallest absolute Gasteiger partial charge is 0.405 e. The number of halogens is 6. The minimum atomic E-state index is -4.96. The molecule has 1 aromatic rings. The van der Waals surface area contributed by atoms with Crippen molar-refractivity contribution in [3.05, 3.63) is 27.3 Å². The minimum Gasteiger partial charge on any atom is -0.405 e. The molecule has 0 aliphatic heterocycles. The molecule has 0 unspecified atom stereocenters. The second kappa shape index (κ2) is 4.50. The molecule has 0 heterocycles. The van der Waals surface area contributed by atoms with Gasteiger partial charge in [0.1, 0.15) is 5.75 Å². The Bertz CT molecular complexity index is 349. The van der Waals surface area contributed by atoms with Crippen LogP contribution in [-0.4, -0.2) is 6.36 Å². The maximum Gasteiger partial charge on any atom is 0.573 e. The molecule has 0 radical (unpaired) electrons. The molecule has 0 aromatic heterocycles. The fourth-order valence-corrected chi connectivity index (χ4v) is 1.65. The SMILES string of the molecule is FC(F)c1c(I)cccc1OC(F)(F)F. The number of hydrogen-bond donors (Lipinski definition) is 0. The number of rotatable bonds is 2. The van der Waals surface area contributed by atoms with Crippen LogP contribution in [0.1, 0.15) is 12.0 Å². The third kappa shape index (κ3) is 3.47. The average Bonchev–Trinajstić information content (AvgIpc) is 1.99. The monoisotopic (exact) mass is 338 g/mol. The van der Waals surface area contributed by atoms with Gasteiger partial charge in [-0.2, -0.15) is 0 Å². The van der Waals surface area contributed by atoms with Gasteiger partial charge in [-0.3, -0.25) is 0 Å². The van der Waals surface area contributed by atoms with Gasteiger partial charge in [-0.25, -0.2) is 8.78 Å². The summed E-state index contributed by atoms with van der Waals surface area (Å²) in [6, 6.07) is 3.36. The lowest BCUT2D eigenvalue weighted by Crippen LogP contribution is -2.18. The Morgan fingerprint density at radius 2 is 1.80 bits per heavy atom. The summed E-state index contributed by atoms with van der Waals surface area (Å²) in [6.45, 7) is 0. The highest BCUT2D eigenvalue weighted by molar-refractivity contribution is 14.1. The third-order valence-electron chi connectivity index (χ3n) is 1.46. The van der Waals surface area contributed by atoms with E-state index in [4.69, 9.17) is 0 Å². The number of benzene rings is 1. The van der Waals surface area contributed by atoms with E-state index in [9.17, 15) is 22.0 Å². The highest BCUT2D eigenvalue weighted by atomic mass is 127. The summed E-state index contributed by atoms with van der Waals surface area (Å²) in [6.07, 6.45) is -7.97. The Balaban J connectivity index is 3.12. The van der Waals surface area contributed by atoms with E-state index in [1.54, 1.807) is 0 Å². The second-order valence-corrected chi connectivity index (χ2v) is 3.66. The molecule has 0 atom stereocenters. The predicted octanol–water partition coefficient (Wildman–Crippen LogP) is 4.13. The van der Waals surface area contributed by atoms with Crippen molar-refractivity contribution in [1.29, 1.82) is 0 Å². The first-order valence-electron chi connectivity index (χ1n) is 3.63. The highest BCUT2D eigenvalue weighted by Crippen LogP contribution is 2.35. The summed E-state index contributed by atoms with van der Waals surface area (Å²) in [5.74, 6) is -0.857. The minimum absolute atomic E-state index is 0.0318. The zero-order valence-electron chi connectivity index (χ0n) is 6.99. The van der Waals surface area contributed by atoms with Gasteiger partial charge in [0.15, 0.2) is 0 Å². The molecule has 1 aromatic carbocycles. The van der Waals surface area contributed by atoms with Crippen molar-refractivity contribution in [2.45, 2.75) is 12.8 Å². The molecule has 0 N–H and O–H groups in total. The molecule has 0 spiro atoms. The fraction of sp³-hybridized carbons (Fsp3) is 0.250. The van der Waals surface area contributed by atoms with Gasteiger partial charge in [-0.05, 0) is 34.7 Å². The van der Waals surface area contributed by atoms with Crippen molar-refractivity contribution in [2.75, 3.05) is 0 Å². The lowest BCUT2D eigenvalue weighted by atomic mass is 10.2. The first-order valence-corrected chi connectivity index (χ1v) is 4.71. The van der Waals surface area contributed by atoms with Crippen LogP contribution in [-0.2, 0) is 0 Å². The molecular formula is C8H4F5IO. The summed E-state index contributed by atoms with van der Waals surface area (Å²) < 4.78 is 63.9. The van der Waals surface area contributed by atoms with Gasteiger partial charge >= 0.3 is 6.36 Å². The van der Waals surface area contributed by atoms with Crippen LogP contribution < -0.4 is 4.74 Å². The lowest BCUT2D eigenvalue weighted by Gasteiger charge is -2.13. The average molecular weight is 338 g/mol. The summed E-state index contributed by atoms with van der Waals surface area (Å²) in [4.78, 5) is 0. The third-order valence-corrected chi connectivity index (χ3v) is 2.40. The predicted molar refractivity (Wildman–Crippen MR) is 50.8 cm³/mol. The van der Waals surface area contributed by atoms with Gasteiger partial charge in [0, 0.05) is 3.57 Å². The largest absolute Gasteiger partial charge is 0.573 e. The fourth-order valence-electron chi connectivity index (χ4n) is 0.943. The first-order chi connectivity index (χ1) is 6.81. The topological polar surface area (TPSA) is 9.23 Å². The molecule has 0 fully saturated rings. The molecule has 0 amide bonds.